The van der Waals surface area contributed by atoms with Gasteiger partial charge in [-0.1, -0.05) is 42.5 Å². The van der Waals surface area contributed by atoms with Gasteiger partial charge in [-0.3, -0.25) is 4.98 Å². The summed E-state index contributed by atoms with van der Waals surface area (Å²) in [6.07, 6.45) is 5.66. The summed E-state index contributed by atoms with van der Waals surface area (Å²) in [4.78, 5) is 11.9. The monoisotopic (exact) mass is 381 g/mol. The van der Waals surface area contributed by atoms with Crippen LogP contribution >= 0.6 is 0 Å². The van der Waals surface area contributed by atoms with E-state index in [1.54, 1.807) is 0 Å². The lowest BCUT2D eigenvalue weighted by Crippen LogP contribution is -2.30. The highest BCUT2D eigenvalue weighted by molar-refractivity contribution is 5.84. The minimum atomic E-state index is 0.827. The Kier molecular flexibility index (Phi) is 4.83. The molecule has 5 rings (SSSR count). The first-order valence-electron chi connectivity index (χ1n) is 10.2. The van der Waals surface area contributed by atoms with Gasteiger partial charge in [0.05, 0.1) is 17.2 Å². The van der Waals surface area contributed by atoms with Crippen LogP contribution in [0.1, 0.15) is 19.3 Å². The fourth-order valence-corrected chi connectivity index (χ4v) is 3.85. The second kappa shape index (κ2) is 7.92. The van der Waals surface area contributed by atoms with E-state index >= 15 is 0 Å². The smallest absolute Gasteiger partial charge is 0.147 e. The van der Waals surface area contributed by atoms with Crippen LogP contribution in [0.3, 0.4) is 0 Å². The Morgan fingerprint density at radius 3 is 2.41 bits per heavy atom. The minimum absolute atomic E-state index is 0.827. The zero-order chi connectivity index (χ0) is 19.5. The van der Waals surface area contributed by atoms with E-state index in [1.807, 2.05) is 60.8 Å². The number of piperidine rings is 1. The summed E-state index contributed by atoms with van der Waals surface area (Å²) in [5.74, 6) is 2.63. The molecular formula is C25H23N3O. The Bertz CT molecular complexity index is 1120. The molecule has 0 aliphatic carbocycles. The van der Waals surface area contributed by atoms with E-state index in [2.05, 4.69) is 28.1 Å². The van der Waals surface area contributed by atoms with Crippen molar-refractivity contribution in [1.82, 2.24) is 9.97 Å². The van der Waals surface area contributed by atoms with Crippen molar-refractivity contribution in [2.75, 3.05) is 18.0 Å². The second-order valence-corrected chi connectivity index (χ2v) is 7.39. The normalized spacial score (nSPS) is 14.1. The maximum atomic E-state index is 6.15. The minimum Gasteiger partial charge on any atom is -0.457 e. The maximum Gasteiger partial charge on any atom is 0.147 e. The summed E-state index contributed by atoms with van der Waals surface area (Å²) in [5.41, 5.74) is 3.95. The van der Waals surface area contributed by atoms with Gasteiger partial charge in [0.1, 0.15) is 17.3 Å². The number of nitrogens with zero attached hydrogens (tertiary/aromatic N) is 3. The molecular weight excluding hydrogens is 358 g/mol. The lowest BCUT2D eigenvalue weighted by Gasteiger charge is -2.27. The molecule has 0 saturated carbocycles. The standard InChI is InChI=1S/C25H23N3O/c1-3-9-20(10-4-1)29-24-12-6-5-11-21(24)19-13-14-22-23(17-19)27-25(18-26-22)28-15-7-2-8-16-28/h1,3-6,9-14,17-18H,2,7-8,15-16H2. The lowest BCUT2D eigenvalue weighted by atomic mass is 10.0. The SMILES string of the molecule is c1ccc(Oc2ccccc2-c2ccc3ncc(N4CCCCC4)nc3c2)cc1. The van der Waals surface area contributed by atoms with E-state index < -0.39 is 0 Å². The van der Waals surface area contributed by atoms with Gasteiger partial charge in [0.25, 0.3) is 0 Å². The Labute approximate surface area is 170 Å². The van der Waals surface area contributed by atoms with Gasteiger partial charge in [0, 0.05) is 18.7 Å². The third-order valence-corrected chi connectivity index (χ3v) is 5.38. The summed E-state index contributed by atoms with van der Waals surface area (Å²) < 4.78 is 6.15. The first-order valence-corrected chi connectivity index (χ1v) is 10.2. The second-order valence-electron chi connectivity index (χ2n) is 7.39. The van der Waals surface area contributed by atoms with Crippen molar-refractivity contribution < 1.29 is 4.74 Å². The molecule has 4 heteroatoms. The molecule has 1 aliphatic rings. The molecule has 4 nitrogen and oxygen atoms in total. The molecule has 1 fully saturated rings. The van der Waals surface area contributed by atoms with Crippen molar-refractivity contribution in [3.05, 3.63) is 79.0 Å². The fourth-order valence-electron chi connectivity index (χ4n) is 3.85. The van der Waals surface area contributed by atoms with Crippen LogP contribution in [0.2, 0.25) is 0 Å². The molecule has 0 unspecified atom stereocenters. The molecule has 144 valence electrons. The fraction of sp³-hybridized carbons (Fsp3) is 0.200. The average Bonchev–Trinajstić information content (AvgIpc) is 2.80. The van der Waals surface area contributed by atoms with Crippen molar-refractivity contribution in [1.29, 1.82) is 0 Å². The molecule has 1 aromatic heterocycles. The van der Waals surface area contributed by atoms with Crippen molar-refractivity contribution in [3.63, 3.8) is 0 Å². The highest BCUT2D eigenvalue weighted by Crippen LogP contribution is 2.34. The van der Waals surface area contributed by atoms with E-state index in [-0.39, 0.29) is 0 Å². The van der Waals surface area contributed by atoms with Crippen LogP contribution in [-0.2, 0) is 0 Å². The van der Waals surface area contributed by atoms with Crippen molar-refractivity contribution >= 4 is 16.9 Å². The summed E-state index contributed by atoms with van der Waals surface area (Å²) in [6, 6.07) is 24.2. The van der Waals surface area contributed by atoms with Gasteiger partial charge < -0.3 is 9.64 Å². The van der Waals surface area contributed by atoms with Crippen molar-refractivity contribution in [3.8, 4) is 22.6 Å². The van der Waals surface area contributed by atoms with E-state index in [0.29, 0.717) is 0 Å². The van der Waals surface area contributed by atoms with E-state index in [1.165, 1.54) is 19.3 Å². The highest BCUT2D eigenvalue weighted by Gasteiger charge is 2.14. The number of hydrogen-bond donors (Lipinski definition) is 0. The van der Waals surface area contributed by atoms with Gasteiger partial charge in [-0.25, -0.2) is 4.98 Å². The van der Waals surface area contributed by atoms with Crippen LogP contribution in [0.15, 0.2) is 79.0 Å². The number of aromatic nitrogens is 2. The lowest BCUT2D eigenvalue weighted by molar-refractivity contribution is 0.484. The Balaban J connectivity index is 1.52. The van der Waals surface area contributed by atoms with Gasteiger partial charge in [0.2, 0.25) is 0 Å². The highest BCUT2D eigenvalue weighted by atomic mass is 16.5. The van der Waals surface area contributed by atoms with Crippen LogP contribution < -0.4 is 9.64 Å². The predicted molar refractivity (Wildman–Crippen MR) is 118 cm³/mol. The van der Waals surface area contributed by atoms with Gasteiger partial charge in [0.15, 0.2) is 0 Å². The van der Waals surface area contributed by atoms with E-state index in [9.17, 15) is 0 Å². The summed E-state index contributed by atoms with van der Waals surface area (Å²) in [6.45, 7) is 2.13. The third kappa shape index (κ3) is 3.79. The third-order valence-electron chi connectivity index (χ3n) is 5.38. The molecule has 1 saturated heterocycles. The summed E-state index contributed by atoms with van der Waals surface area (Å²) in [5, 5.41) is 0. The maximum absolute atomic E-state index is 6.15. The van der Waals surface area contributed by atoms with Crippen LogP contribution in [0.4, 0.5) is 5.82 Å². The van der Waals surface area contributed by atoms with Gasteiger partial charge in [-0.15, -0.1) is 0 Å². The summed E-state index contributed by atoms with van der Waals surface area (Å²) in [7, 11) is 0. The zero-order valence-electron chi connectivity index (χ0n) is 16.3. The quantitative estimate of drug-likeness (QED) is 0.429. The van der Waals surface area contributed by atoms with Gasteiger partial charge >= 0.3 is 0 Å². The largest absolute Gasteiger partial charge is 0.457 e. The Morgan fingerprint density at radius 2 is 1.55 bits per heavy atom. The molecule has 0 bridgehead atoms. The van der Waals surface area contributed by atoms with E-state index in [4.69, 9.17) is 9.72 Å². The zero-order valence-corrected chi connectivity index (χ0v) is 16.3. The first kappa shape index (κ1) is 17.7. The Morgan fingerprint density at radius 1 is 0.759 bits per heavy atom. The molecule has 3 aromatic carbocycles. The Hall–Kier alpha value is -3.40. The van der Waals surface area contributed by atoms with Crippen molar-refractivity contribution in [2.45, 2.75) is 19.3 Å². The molecule has 0 N–H and O–H groups in total. The molecule has 4 aromatic rings. The van der Waals surface area contributed by atoms with Crippen LogP contribution in [-0.4, -0.2) is 23.1 Å². The molecule has 1 aliphatic heterocycles. The number of ether oxygens (including phenoxy) is 1. The topological polar surface area (TPSA) is 38.2 Å². The van der Waals surface area contributed by atoms with E-state index in [0.717, 1.165) is 52.6 Å². The van der Waals surface area contributed by atoms with Crippen LogP contribution in [0, 0.1) is 0 Å². The molecule has 0 radical (unpaired) electrons. The van der Waals surface area contributed by atoms with Crippen LogP contribution in [0.5, 0.6) is 11.5 Å². The number of hydrogen-bond acceptors (Lipinski definition) is 4. The number of benzene rings is 3. The molecule has 29 heavy (non-hydrogen) atoms. The number of anilines is 1. The molecule has 0 atom stereocenters. The average molecular weight is 381 g/mol. The molecule has 0 amide bonds. The van der Waals surface area contributed by atoms with Crippen LogP contribution in [0.25, 0.3) is 22.2 Å². The number of fused-ring (bicyclic) bond motifs is 1. The predicted octanol–water partition coefficient (Wildman–Crippen LogP) is 6.08. The molecule has 0 spiro atoms. The molecule has 2 heterocycles. The number of para-hydroxylation sites is 2. The van der Waals surface area contributed by atoms with Crippen molar-refractivity contribution in [2.24, 2.45) is 0 Å². The summed E-state index contributed by atoms with van der Waals surface area (Å²) >= 11 is 0. The first-order chi connectivity index (χ1) is 14.4. The van der Waals surface area contributed by atoms with Gasteiger partial charge in [-0.05, 0) is 55.2 Å². The van der Waals surface area contributed by atoms with Gasteiger partial charge in [-0.2, -0.15) is 0 Å². The number of rotatable bonds is 4.